The van der Waals surface area contributed by atoms with Crippen molar-refractivity contribution in [3.8, 4) is 11.3 Å². The number of benzene rings is 2. The molecule has 4 N–H and O–H groups in total. The maximum Gasteiger partial charge on any atom is 0.493 e. The van der Waals surface area contributed by atoms with Crippen molar-refractivity contribution in [3.05, 3.63) is 77.6 Å². The van der Waals surface area contributed by atoms with E-state index in [0.29, 0.717) is 23.8 Å². The molecule has 0 aliphatic carbocycles. The first-order chi connectivity index (χ1) is 19.0. The van der Waals surface area contributed by atoms with Crippen LogP contribution in [0.25, 0.3) is 11.3 Å². The summed E-state index contributed by atoms with van der Waals surface area (Å²) in [6, 6.07) is 17.8. The van der Waals surface area contributed by atoms with Gasteiger partial charge in [0.05, 0.1) is 17.4 Å². The van der Waals surface area contributed by atoms with Crippen molar-refractivity contribution in [1.82, 2.24) is 14.8 Å². The largest absolute Gasteiger partial charge is 0.493 e. The lowest BCUT2D eigenvalue weighted by atomic mass is 10.0. The molecule has 0 amide bonds. The third kappa shape index (κ3) is 5.45. The highest BCUT2D eigenvalue weighted by molar-refractivity contribution is 5.79. The maximum absolute atomic E-state index is 15.4. The minimum atomic E-state index is -5.27. The number of hydrogen-bond acceptors (Lipinski definition) is 9. The lowest BCUT2D eigenvalue weighted by Crippen LogP contribution is -2.60. The second-order valence-corrected chi connectivity index (χ2v) is 9.72. The summed E-state index contributed by atoms with van der Waals surface area (Å²) in [6.07, 6.45) is -7.49. The number of anilines is 2. The standard InChI is InChI=1S/C27H29F4N7O2/c1-35-23(32)18-10-11-20(34-24(18)38(26(35)33)40-25(39)27(29,30)31)22-19(28)8-5-9-21(22)37-14-12-36(13-15-37)16-17-6-3-2-4-7-17/h2-11,23,26H,12-16,32-33H2,1H3. The average molecular weight is 560 g/mol. The van der Waals surface area contributed by atoms with E-state index >= 15 is 4.39 Å². The van der Waals surface area contributed by atoms with Gasteiger partial charge < -0.3 is 15.5 Å². The van der Waals surface area contributed by atoms with Gasteiger partial charge in [-0.05, 0) is 30.8 Å². The SMILES string of the molecule is CN1C(N)c2ccc(-c3c(F)cccc3N3CCN(Cc4ccccc4)CC3)nc2N(OC(=O)C(F)(F)F)C1N. The van der Waals surface area contributed by atoms with E-state index in [-0.39, 0.29) is 22.6 Å². The van der Waals surface area contributed by atoms with E-state index in [1.807, 2.05) is 23.1 Å². The minimum Gasteiger partial charge on any atom is -0.368 e. The molecule has 3 heterocycles. The van der Waals surface area contributed by atoms with Crippen LogP contribution in [0.2, 0.25) is 0 Å². The summed E-state index contributed by atoms with van der Waals surface area (Å²) in [5.41, 5.74) is 14.6. The van der Waals surface area contributed by atoms with Crippen molar-refractivity contribution in [1.29, 1.82) is 0 Å². The summed E-state index contributed by atoms with van der Waals surface area (Å²) in [6.45, 7) is 3.56. The van der Waals surface area contributed by atoms with Crippen molar-refractivity contribution >= 4 is 17.5 Å². The first-order valence-corrected chi connectivity index (χ1v) is 12.7. The molecular weight excluding hydrogens is 530 g/mol. The number of carbonyl (C=O) groups excluding carboxylic acids is 1. The smallest absolute Gasteiger partial charge is 0.368 e. The van der Waals surface area contributed by atoms with Gasteiger partial charge in [0.25, 0.3) is 0 Å². The van der Waals surface area contributed by atoms with Crippen molar-refractivity contribution < 1.29 is 27.2 Å². The Balaban J connectivity index is 1.45. The fourth-order valence-electron chi connectivity index (χ4n) is 4.94. The van der Waals surface area contributed by atoms with Gasteiger partial charge in [0.2, 0.25) is 0 Å². The van der Waals surface area contributed by atoms with Gasteiger partial charge in [0, 0.05) is 44.0 Å². The van der Waals surface area contributed by atoms with E-state index in [0.717, 1.165) is 19.6 Å². The quantitative estimate of drug-likeness (QED) is 0.456. The zero-order valence-corrected chi connectivity index (χ0v) is 21.7. The molecule has 1 fully saturated rings. The average Bonchev–Trinajstić information content (AvgIpc) is 2.94. The highest BCUT2D eigenvalue weighted by Crippen LogP contribution is 2.39. The van der Waals surface area contributed by atoms with Gasteiger partial charge in [-0.1, -0.05) is 42.5 Å². The van der Waals surface area contributed by atoms with Gasteiger partial charge in [-0.3, -0.25) is 15.5 Å². The monoisotopic (exact) mass is 559 g/mol. The van der Waals surface area contributed by atoms with Crippen LogP contribution in [0, 0.1) is 5.82 Å². The van der Waals surface area contributed by atoms with Crippen LogP contribution in [0.1, 0.15) is 17.3 Å². The molecule has 3 aromatic rings. The van der Waals surface area contributed by atoms with E-state index in [2.05, 4.69) is 26.9 Å². The molecule has 0 bridgehead atoms. The Morgan fingerprint density at radius 2 is 1.70 bits per heavy atom. The topological polar surface area (TPSA) is 104 Å². The zero-order chi connectivity index (χ0) is 28.6. The highest BCUT2D eigenvalue weighted by atomic mass is 19.4. The molecular formula is C27H29F4N7O2. The molecule has 9 nitrogen and oxygen atoms in total. The van der Waals surface area contributed by atoms with E-state index in [1.54, 1.807) is 18.2 Å². The number of hydroxylamine groups is 1. The van der Waals surface area contributed by atoms with Crippen LogP contribution in [0.15, 0.2) is 60.7 Å². The van der Waals surface area contributed by atoms with E-state index in [1.165, 1.54) is 29.6 Å². The Kier molecular flexibility index (Phi) is 7.64. The van der Waals surface area contributed by atoms with Gasteiger partial charge in [-0.15, -0.1) is 0 Å². The number of alkyl halides is 3. The lowest BCUT2D eigenvalue weighted by Gasteiger charge is -2.42. The second kappa shape index (κ2) is 11.0. The fourth-order valence-corrected chi connectivity index (χ4v) is 4.94. The number of nitrogens with zero attached hydrogens (tertiary/aromatic N) is 5. The number of pyridine rings is 1. The molecule has 1 saturated heterocycles. The van der Waals surface area contributed by atoms with Crippen LogP contribution in [0.4, 0.5) is 29.1 Å². The number of fused-ring (bicyclic) bond motifs is 1. The second-order valence-electron chi connectivity index (χ2n) is 9.72. The zero-order valence-electron chi connectivity index (χ0n) is 21.7. The van der Waals surface area contributed by atoms with Gasteiger partial charge in [-0.25, -0.2) is 14.2 Å². The van der Waals surface area contributed by atoms with E-state index in [9.17, 15) is 18.0 Å². The first kappa shape index (κ1) is 27.8. The van der Waals surface area contributed by atoms with E-state index < -0.39 is 30.4 Å². The van der Waals surface area contributed by atoms with Crippen LogP contribution in [0.5, 0.6) is 0 Å². The summed E-state index contributed by atoms with van der Waals surface area (Å²) in [7, 11) is 1.47. The van der Waals surface area contributed by atoms with Gasteiger partial charge in [0.15, 0.2) is 12.1 Å². The molecule has 40 heavy (non-hydrogen) atoms. The molecule has 2 aromatic carbocycles. The van der Waals surface area contributed by atoms with Crippen LogP contribution in [-0.2, 0) is 16.2 Å². The molecule has 1 aromatic heterocycles. The molecule has 13 heteroatoms. The number of piperazine rings is 1. The normalized spacial score (nSPS) is 20.4. The molecule has 5 rings (SSSR count). The summed E-state index contributed by atoms with van der Waals surface area (Å²) < 4.78 is 54.5. The van der Waals surface area contributed by atoms with Gasteiger partial charge >= 0.3 is 12.1 Å². The number of nitrogens with two attached hydrogens (primary N) is 2. The predicted molar refractivity (Wildman–Crippen MR) is 141 cm³/mol. The molecule has 2 aliphatic heterocycles. The number of rotatable bonds is 5. The fraction of sp³-hybridized carbons (Fsp3) is 0.333. The molecule has 0 radical (unpaired) electrons. The van der Waals surface area contributed by atoms with Crippen molar-refractivity contribution in [3.63, 3.8) is 0 Å². The third-order valence-electron chi connectivity index (χ3n) is 7.15. The Morgan fingerprint density at radius 1 is 1.00 bits per heavy atom. The first-order valence-electron chi connectivity index (χ1n) is 12.7. The molecule has 212 valence electrons. The Bertz CT molecular complexity index is 1370. The van der Waals surface area contributed by atoms with Gasteiger partial charge in [-0.2, -0.15) is 18.2 Å². The van der Waals surface area contributed by atoms with Crippen molar-refractivity contribution in [2.75, 3.05) is 43.2 Å². The molecule has 0 saturated carbocycles. The van der Waals surface area contributed by atoms with Crippen molar-refractivity contribution in [2.24, 2.45) is 11.5 Å². The van der Waals surface area contributed by atoms with Crippen molar-refractivity contribution in [2.45, 2.75) is 25.2 Å². The molecule has 2 aliphatic rings. The van der Waals surface area contributed by atoms with Crippen LogP contribution < -0.4 is 21.4 Å². The Morgan fingerprint density at radius 3 is 2.38 bits per heavy atom. The Hall–Kier alpha value is -3.78. The summed E-state index contributed by atoms with van der Waals surface area (Å²) in [5.74, 6) is -3.22. The Labute approximate surface area is 228 Å². The van der Waals surface area contributed by atoms with Crippen LogP contribution in [0.3, 0.4) is 0 Å². The maximum atomic E-state index is 15.4. The summed E-state index contributed by atoms with van der Waals surface area (Å²) in [4.78, 5) is 26.4. The van der Waals surface area contributed by atoms with E-state index in [4.69, 9.17) is 11.5 Å². The third-order valence-corrected chi connectivity index (χ3v) is 7.15. The summed E-state index contributed by atoms with van der Waals surface area (Å²) >= 11 is 0. The van der Waals surface area contributed by atoms with Crippen LogP contribution >= 0.6 is 0 Å². The summed E-state index contributed by atoms with van der Waals surface area (Å²) in [5, 5.41) is 0.556. The number of aromatic nitrogens is 1. The predicted octanol–water partition coefficient (Wildman–Crippen LogP) is 3.18. The number of hydrogen-bond donors (Lipinski definition) is 2. The molecule has 0 spiro atoms. The van der Waals surface area contributed by atoms with Crippen LogP contribution in [-0.4, -0.2) is 66.4 Å². The highest BCUT2D eigenvalue weighted by Gasteiger charge is 2.46. The number of carbonyl (C=O) groups is 1. The minimum absolute atomic E-state index is 0.135. The lowest BCUT2D eigenvalue weighted by molar-refractivity contribution is -0.204. The number of halogens is 4. The van der Waals surface area contributed by atoms with Gasteiger partial charge in [0.1, 0.15) is 5.82 Å². The molecule has 2 atom stereocenters. The molecule has 2 unspecified atom stereocenters.